The third-order valence-electron chi connectivity index (χ3n) is 4.21. The molecule has 23 heavy (non-hydrogen) atoms. The Morgan fingerprint density at radius 1 is 1.35 bits per heavy atom. The molecule has 2 aromatic heterocycles. The Morgan fingerprint density at radius 2 is 2.04 bits per heavy atom. The zero-order chi connectivity index (χ0) is 16.6. The number of nitrogens with one attached hydrogen (secondary N) is 1. The average Bonchev–Trinajstić information content (AvgIpc) is 2.99. The number of hydrogen-bond donors (Lipinski definition) is 2. The fourth-order valence-electron chi connectivity index (χ4n) is 2.77. The number of fused-ring (bicyclic) bond motifs is 1. The molecule has 2 aromatic rings. The van der Waals surface area contributed by atoms with E-state index in [9.17, 15) is 13.2 Å². The van der Waals surface area contributed by atoms with Crippen LogP contribution in [0.1, 0.15) is 6.92 Å². The number of carbonyl (C=O) groups is 1. The number of sulfonamides is 1. The summed E-state index contributed by atoms with van der Waals surface area (Å²) < 4.78 is 27.0. The van der Waals surface area contributed by atoms with Crippen molar-refractivity contribution in [2.24, 2.45) is 0 Å². The molecular weight excluding hydrogens is 320 g/mol. The van der Waals surface area contributed by atoms with Crippen molar-refractivity contribution in [1.82, 2.24) is 19.2 Å². The van der Waals surface area contributed by atoms with Crippen molar-refractivity contribution in [3.05, 3.63) is 24.5 Å². The van der Waals surface area contributed by atoms with E-state index in [1.165, 1.54) is 10.5 Å². The fourth-order valence-corrected chi connectivity index (χ4v) is 4.34. The van der Waals surface area contributed by atoms with Gasteiger partial charge >= 0.3 is 5.97 Å². The van der Waals surface area contributed by atoms with Gasteiger partial charge in [0.2, 0.25) is 10.0 Å². The van der Waals surface area contributed by atoms with Crippen LogP contribution in [0.5, 0.6) is 0 Å². The van der Waals surface area contributed by atoms with Crippen LogP contribution in [0.4, 0.5) is 0 Å². The number of piperazine rings is 1. The van der Waals surface area contributed by atoms with Crippen LogP contribution in [0.2, 0.25) is 0 Å². The third kappa shape index (κ3) is 2.82. The zero-order valence-corrected chi connectivity index (χ0v) is 13.5. The van der Waals surface area contributed by atoms with Gasteiger partial charge in [0.05, 0.1) is 0 Å². The first kappa shape index (κ1) is 15.9. The highest BCUT2D eigenvalue weighted by atomic mass is 32.2. The number of H-pyrrole nitrogens is 1. The minimum Gasteiger partial charge on any atom is -0.480 e. The van der Waals surface area contributed by atoms with E-state index in [0.29, 0.717) is 24.1 Å². The van der Waals surface area contributed by atoms with Gasteiger partial charge in [0.15, 0.2) is 0 Å². The van der Waals surface area contributed by atoms with E-state index in [1.54, 1.807) is 30.2 Å². The molecule has 0 aromatic carbocycles. The maximum absolute atomic E-state index is 12.8. The highest BCUT2D eigenvalue weighted by Gasteiger charge is 2.33. The summed E-state index contributed by atoms with van der Waals surface area (Å²) in [6, 6.07) is 2.80. The van der Waals surface area contributed by atoms with Crippen LogP contribution in [-0.4, -0.2) is 70.9 Å². The first-order valence-electron chi connectivity index (χ1n) is 7.30. The minimum absolute atomic E-state index is 0.209. The van der Waals surface area contributed by atoms with Crippen molar-refractivity contribution in [2.75, 3.05) is 26.2 Å². The van der Waals surface area contributed by atoms with Crippen LogP contribution in [-0.2, 0) is 14.8 Å². The number of pyridine rings is 1. The lowest BCUT2D eigenvalue weighted by Crippen LogP contribution is -2.53. The van der Waals surface area contributed by atoms with Gasteiger partial charge in [-0.2, -0.15) is 4.31 Å². The summed E-state index contributed by atoms with van der Waals surface area (Å²) in [4.78, 5) is 20.0. The van der Waals surface area contributed by atoms with Crippen LogP contribution in [0, 0.1) is 0 Å². The number of carboxylic acids is 1. The van der Waals surface area contributed by atoms with Crippen LogP contribution in [0.25, 0.3) is 11.0 Å². The molecule has 0 aliphatic carbocycles. The van der Waals surface area contributed by atoms with Gasteiger partial charge in [-0.1, -0.05) is 0 Å². The lowest BCUT2D eigenvalue weighted by Gasteiger charge is -2.35. The highest BCUT2D eigenvalue weighted by Crippen LogP contribution is 2.25. The maximum Gasteiger partial charge on any atom is 0.320 e. The van der Waals surface area contributed by atoms with E-state index in [0.717, 1.165) is 0 Å². The molecular formula is C14H18N4O4S. The van der Waals surface area contributed by atoms with Crippen LogP contribution < -0.4 is 0 Å². The van der Waals surface area contributed by atoms with Crippen molar-refractivity contribution in [3.8, 4) is 0 Å². The van der Waals surface area contributed by atoms with E-state index >= 15 is 0 Å². The molecule has 1 atom stereocenters. The molecule has 0 saturated carbocycles. The molecule has 8 nitrogen and oxygen atoms in total. The molecule has 1 aliphatic heterocycles. The molecule has 9 heteroatoms. The summed E-state index contributed by atoms with van der Waals surface area (Å²) in [7, 11) is -3.63. The first-order valence-corrected chi connectivity index (χ1v) is 8.74. The second-order valence-electron chi connectivity index (χ2n) is 5.51. The zero-order valence-electron chi connectivity index (χ0n) is 12.6. The predicted molar refractivity (Wildman–Crippen MR) is 83.5 cm³/mol. The molecule has 0 radical (unpaired) electrons. The normalized spacial score (nSPS) is 19.0. The molecule has 1 aliphatic rings. The van der Waals surface area contributed by atoms with Crippen molar-refractivity contribution >= 4 is 27.0 Å². The van der Waals surface area contributed by atoms with Gasteiger partial charge in [-0.15, -0.1) is 0 Å². The number of aromatic nitrogens is 2. The SMILES string of the molecule is CC(C(=O)O)N1CCN(S(=O)(=O)c2c[nH]c3ncccc23)CC1. The molecule has 0 bridgehead atoms. The van der Waals surface area contributed by atoms with Crippen LogP contribution >= 0.6 is 0 Å². The van der Waals surface area contributed by atoms with Crippen molar-refractivity contribution in [3.63, 3.8) is 0 Å². The van der Waals surface area contributed by atoms with Gasteiger partial charge in [0.25, 0.3) is 0 Å². The number of aliphatic carboxylic acids is 1. The number of aromatic amines is 1. The minimum atomic E-state index is -3.63. The van der Waals surface area contributed by atoms with Gasteiger partial charge < -0.3 is 10.1 Å². The number of carboxylic acid groups (broad SMARTS) is 1. The van der Waals surface area contributed by atoms with Crippen LogP contribution in [0.3, 0.4) is 0 Å². The molecule has 0 spiro atoms. The summed E-state index contributed by atoms with van der Waals surface area (Å²) >= 11 is 0. The summed E-state index contributed by atoms with van der Waals surface area (Å²) in [5.74, 6) is -0.899. The molecule has 2 N–H and O–H groups in total. The smallest absolute Gasteiger partial charge is 0.320 e. The second-order valence-corrected chi connectivity index (χ2v) is 7.41. The van der Waals surface area contributed by atoms with Gasteiger partial charge in [-0.3, -0.25) is 9.69 Å². The molecule has 1 fully saturated rings. The Kier molecular flexibility index (Phi) is 4.09. The Labute approximate surface area is 133 Å². The van der Waals surface area contributed by atoms with E-state index in [2.05, 4.69) is 9.97 Å². The lowest BCUT2D eigenvalue weighted by atomic mass is 10.2. The molecule has 124 valence electrons. The summed E-state index contributed by atoms with van der Waals surface area (Å²) in [6.45, 7) is 2.94. The van der Waals surface area contributed by atoms with E-state index in [4.69, 9.17) is 5.11 Å². The van der Waals surface area contributed by atoms with Gasteiger partial charge in [0.1, 0.15) is 16.6 Å². The highest BCUT2D eigenvalue weighted by molar-refractivity contribution is 7.89. The standard InChI is InChI=1S/C14H18N4O4S/c1-10(14(19)20)17-5-7-18(8-6-17)23(21,22)12-9-16-13-11(12)3-2-4-15-13/h2-4,9-10H,5-8H2,1H3,(H,15,16)(H,19,20). The fraction of sp³-hybridized carbons (Fsp3) is 0.429. The predicted octanol–water partition coefficient (Wildman–Crippen LogP) is 0.342. The molecule has 1 unspecified atom stereocenters. The van der Waals surface area contributed by atoms with Gasteiger partial charge in [0, 0.05) is 44.0 Å². The van der Waals surface area contributed by atoms with E-state index < -0.39 is 22.0 Å². The third-order valence-corrected chi connectivity index (χ3v) is 6.15. The topological polar surface area (TPSA) is 107 Å². The quantitative estimate of drug-likeness (QED) is 0.833. The summed E-state index contributed by atoms with van der Waals surface area (Å²) in [6.07, 6.45) is 3.06. The van der Waals surface area contributed by atoms with E-state index in [-0.39, 0.29) is 18.0 Å². The molecule has 1 saturated heterocycles. The molecule has 3 rings (SSSR count). The Hall–Kier alpha value is -1.97. The molecule has 3 heterocycles. The number of rotatable bonds is 4. The second kappa shape index (κ2) is 5.91. The maximum atomic E-state index is 12.8. The lowest BCUT2D eigenvalue weighted by molar-refractivity contribution is -0.143. The van der Waals surface area contributed by atoms with Crippen molar-refractivity contribution in [1.29, 1.82) is 0 Å². The van der Waals surface area contributed by atoms with E-state index in [1.807, 2.05) is 0 Å². The summed E-state index contributed by atoms with van der Waals surface area (Å²) in [5, 5.41) is 9.61. The average molecular weight is 338 g/mol. The Balaban J connectivity index is 1.81. The Bertz CT molecular complexity index is 824. The van der Waals surface area contributed by atoms with Crippen LogP contribution in [0.15, 0.2) is 29.4 Å². The molecule has 0 amide bonds. The van der Waals surface area contributed by atoms with Crippen molar-refractivity contribution < 1.29 is 18.3 Å². The first-order chi connectivity index (χ1) is 10.9. The van der Waals surface area contributed by atoms with Crippen molar-refractivity contribution in [2.45, 2.75) is 17.9 Å². The number of nitrogens with zero attached hydrogens (tertiary/aromatic N) is 3. The summed E-state index contributed by atoms with van der Waals surface area (Å²) in [5.41, 5.74) is 0.532. The van der Waals surface area contributed by atoms with Gasteiger partial charge in [-0.25, -0.2) is 13.4 Å². The van der Waals surface area contributed by atoms with Gasteiger partial charge in [-0.05, 0) is 19.1 Å². The number of hydrogen-bond acceptors (Lipinski definition) is 5. The largest absolute Gasteiger partial charge is 0.480 e. The monoisotopic (exact) mass is 338 g/mol. The Morgan fingerprint density at radius 3 is 2.70 bits per heavy atom.